The van der Waals surface area contributed by atoms with E-state index in [0.717, 1.165) is 12.8 Å². The molecule has 0 fully saturated rings. The standard InChI is InChI=1S/C13H25F/c1-6-11(7-2)13(14)9-12(8-3)10(4)5/h8,10-13H,3,6-7,9H2,1-2,4-5H3. The fourth-order valence-electron chi connectivity index (χ4n) is 1.89. The van der Waals surface area contributed by atoms with Crippen LogP contribution in [0.5, 0.6) is 0 Å². The molecule has 2 atom stereocenters. The van der Waals surface area contributed by atoms with Crippen LogP contribution in [0.1, 0.15) is 47.0 Å². The molecule has 1 heteroatoms. The van der Waals surface area contributed by atoms with E-state index in [-0.39, 0.29) is 5.92 Å². The summed E-state index contributed by atoms with van der Waals surface area (Å²) < 4.78 is 13.8. The summed E-state index contributed by atoms with van der Waals surface area (Å²) in [5, 5.41) is 0. The third-order valence-electron chi connectivity index (χ3n) is 3.22. The zero-order chi connectivity index (χ0) is 11.1. The van der Waals surface area contributed by atoms with Crippen molar-refractivity contribution in [3.63, 3.8) is 0 Å². The lowest BCUT2D eigenvalue weighted by Gasteiger charge is -2.23. The van der Waals surface area contributed by atoms with E-state index in [9.17, 15) is 4.39 Å². The van der Waals surface area contributed by atoms with E-state index in [1.54, 1.807) is 0 Å². The number of hydrogen-bond donors (Lipinski definition) is 0. The minimum absolute atomic E-state index is 0.233. The second-order valence-corrected chi connectivity index (χ2v) is 4.47. The van der Waals surface area contributed by atoms with Crippen molar-refractivity contribution in [3.05, 3.63) is 12.7 Å². The molecule has 0 amide bonds. The molecule has 84 valence electrons. The number of rotatable bonds is 7. The van der Waals surface area contributed by atoms with Crippen LogP contribution in [0.2, 0.25) is 0 Å². The first kappa shape index (κ1) is 13.7. The first-order valence-corrected chi connectivity index (χ1v) is 5.83. The highest BCUT2D eigenvalue weighted by atomic mass is 19.1. The van der Waals surface area contributed by atoms with Crippen LogP contribution < -0.4 is 0 Å². The molecule has 0 rings (SSSR count). The summed E-state index contributed by atoms with van der Waals surface area (Å²) in [7, 11) is 0. The number of allylic oxidation sites excluding steroid dienone is 1. The van der Waals surface area contributed by atoms with Crippen molar-refractivity contribution in [1.29, 1.82) is 0 Å². The van der Waals surface area contributed by atoms with Crippen LogP contribution in [0, 0.1) is 17.8 Å². The van der Waals surface area contributed by atoms with Gasteiger partial charge in [-0.05, 0) is 24.2 Å². The molecule has 0 aliphatic carbocycles. The molecule has 0 saturated carbocycles. The van der Waals surface area contributed by atoms with Crippen LogP contribution in [0.3, 0.4) is 0 Å². The minimum Gasteiger partial charge on any atom is -0.247 e. The Labute approximate surface area is 88.6 Å². The van der Waals surface area contributed by atoms with Crippen LogP contribution in [0.15, 0.2) is 12.7 Å². The first-order chi connectivity index (χ1) is 6.56. The van der Waals surface area contributed by atoms with Crippen molar-refractivity contribution < 1.29 is 4.39 Å². The maximum Gasteiger partial charge on any atom is 0.103 e. The lowest BCUT2D eigenvalue weighted by atomic mass is 9.85. The Morgan fingerprint density at radius 1 is 1.21 bits per heavy atom. The monoisotopic (exact) mass is 200 g/mol. The predicted octanol–water partition coefficient (Wildman–Crippen LogP) is 4.61. The van der Waals surface area contributed by atoms with Gasteiger partial charge in [-0.3, -0.25) is 0 Å². The van der Waals surface area contributed by atoms with Crippen molar-refractivity contribution in [3.8, 4) is 0 Å². The average Bonchev–Trinajstić information content (AvgIpc) is 2.15. The van der Waals surface area contributed by atoms with E-state index in [1.165, 1.54) is 0 Å². The molecule has 0 bridgehead atoms. The van der Waals surface area contributed by atoms with Gasteiger partial charge in [-0.15, -0.1) is 6.58 Å². The number of hydrogen-bond acceptors (Lipinski definition) is 0. The van der Waals surface area contributed by atoms with Crippen molar-refractivity contribution in [1.82, 2.24) is 0 Å². The second-order valence-electron chi connectivity index (χ2n) is 4.47. The van der Waals surface area contributed by atoms with Gasteiger partial charge in [0.1, 0.15) is 6.17 Å². The molecule has 0 saturated heterocycles. The fourth-order valence-corrected chi connectivity index (χ4v) is 1.89. The molecule has 0 nitrogen and oxygen atoms in total. The van der Waals surface area contributed by atoms with Crippen LogP contribution >= 0.6 is 0 Å². The van der Waals surface area contributed by atoms with Crippen LogP contribution in [0.25, 0.3) is 0 Å². The number of halogens is 1. The van der Waals surface area contributed by atoms with Gasteiger partial charge in [0.05, 0.1) is 0 Å². The molecule has 0 aliphatic heterocycles. The largest absolute Gasteiger partial charge is 0.247 e. The van der Waals surface area contributed by atoms with Crippen LogP contribution in [-0.4, -0.2) is 6.17 Å². The van der Waals surface area contributed by atoms with Crippen molar-refractivity contribution in [2.75, 3.05) is 0 Å². The molecule has 0 radical (unpaired) electrons. The highest BCUT2D eigenvalue weighted by molar-refractivity contribution is 4.84. The van der Waals surface area contributed by atoms with E-state index in [1.807, 2.05) is 6.08 Å². The minimum atomic E-state index is -0.657. The van der Waals surface area contributed by atoms with Crippen molar-refractivity contribution in [2.45, 2.75) is 53.1 Å². The quantitative estimate of drug-likeness (QED) is 0.526. The molecule has 0 aromatic carbocycles. The van der Waals surface area contributed by atoms with E-state index in [0.29, 0.717) is 18.3 Å². The second kappa shape index (κ2) is 7.03. The van der Waals surface area contributed by atoms with Gasteiger partial charge in [-0.25, -0.2) is 4.39 Å². The van der Waals surface area contributed by atoms with Crippen LogP contribution in [0.4, 0.5) is 4.39 Å². The molecular formula is C13H25F. The van der Waals surface area contributed by atoms with Crippen molar-refractivity contribution in [2.24, 2.45) is 17.8 Å². The summed E-state index contributed by atoms with van der Waals surface area (Å²) in [6.45, 7) is 12.2. The normalized spacial score (nSPS) is 15.9. The number of alkyl halides is 1. The Balaban J connectivity index is 4.12. The van der Waals surface area contributed by atoms with Gasteiger partial charge in [-0.1, -0.05) is 46.6 Å². The topological polar surface area (TPSA) is 0 Å². The lowest BCUT2D eigenvalue weighted by molar-refractivity contribution is 0.175. The summed E-state index contributed by atoms with van der Waals surface area (Å²) in [4.78, 5) is 0. The van der Waals surface area contributed by atoms with Gasteiger partial charge >= 0.3 is 0 Å². The highest BCUT2D eigenvalue weighted by Gasteiger charge is 2.22. The third-order valence-corrected chi connectivity index (χ3v) is 3.22. The maximum absolute atomic E-state index is 13.8. The van der Waals surface area contributed by atoms with Gasteiger partial charge in [0.25, 0.3) is 0 Å². The van der Waals surface area contributed by atoms with Gasteiger partial charge in [0.15, 0.2) is 0 Å². The van der Waals surface area contributed by atoms with E-state index in [4.69, 9.17) is 0 Å². The summed E-state index contributed by atoms with van der Waals surface area (Å²) in [5.41, 5.74) is 0. The zero-order valence-corrected chi connectivity index (χ0v) is 10.1. The maximum atomic E-state index is 13.8. The SMILES string of the molecule is C=CC(CC(F)C(CC)CC)C(C)C. The fraction of sp³-hybridized carbons (Fsp3) is 0.846. The Hall–Kier alpha value is -0.330. The molecule has 14 heavy (non-hydrogen) atoms. The summed E-state index contributed by atoms with van der Waals surface area (Å²) >= 11 is 0. The Morgan fingerprint density at radius 2 is 1.71 bits per heavy atom. The van der Waals surface area contributed by atoms with E-state index >= 15 is 0 Å². The molecule has 0 spiro atoms. The zero-order valence-electron chi connectivity index (χ0n) is 10.1. The van der Waals surface area contributed by atoms with E-state index in [2.05, 4.69) is 34.3 Å². The van der Waals surface area contributed by atoms with E-state index < -0.39 is 6.17 Å². The molecular weight excluding hydrogens is 175 g/mol. The van der Waals surface area contributed by atoms with Gasteiger partial charge < -0.3 is 0 Å². The lowest BCUT2D eigenvalue weighted by Crippen LogP contribution is -2.20. The summed E-state index contributed by atoms with van der Waals surface area (Å²) in [5.74, 6) is 1.06. The van der Waals surface area contributed by atoms with Gasteiger partial charge in [0.2, 0.25) is 0 Å². The molecule has 0 aliphatic rings. The molecule has 0 N–H and O–H groups in total. The van der Waals surface area contributed by atoms with Gasteiger partial charge in [0, 0.05) is 0 Å². The molecule has 0 aromatic heterocycles. The Morgan fingerprint density at radius 3 is 2.00 bits per heavy atom. The summed E-state index contributed by atoms with van der Waals surface area (Å²) in [6.07, 6.45) is 3.78. The molecule has 0 aromatic rings. The Kier molecular flexibility index (Phi) is 6.86. The van der Waals surface area contributed by atoms with Crippen molar-refractivity contribution >= 4 is 0 Å². The predicted molar refractivity (Wildman–Crippen MR) is 62.1 cm³/mol. The average molecular weight is 200 g/mol. The molecule has 0 heterocycles. The van der Waals surface area contributed by atoms with Crippen LogP contribution in [-0.2, 0) is 0 Å². The Bertz CT molecular complexity index is 147. The highest BCUT2D eigenvalue weighted by Crippen LogP contribution is 2.26. The van der Waals surface area contributed by atoms with Gasteiger partial charge in [-0.2, -0.15) is 0 Å². The third kappa shape index (κ3) is 4.26. The smallest absolute Gasteiger partial charge is 0.103 e. The summed E-state index contributed by atoms with van der Waals surface area (Å²) in [6, 6.07) is 0. The molecule has 2 unspecified atom stereocenters. The first-order valence-electron chi connectivity index (χ1n) is 5.83.